The Balaban J connectivity index is 1.67. The van der Waals surface area contributed by atoms with Crippen LogP contribution in [0.1, 0.15) is 13.3 Å². The van der Waals surface area contributed by atoms with Crippen LogP contribution in [0.3, 0.4) is 0 Å². The summed E-state index contributed by atoms with van der Waals surface area (Å²) >= 11 is 0. The number of nitrogens with two attached hydrogens (primary N) is 1. The molecular formula is C19H23N4O6P. The van der Waals surface area contributed by atoms with Gasteiger partial charge in [0, 0.05) is 18.3 Å². The molecule has 11 heteroatoms. The number of carbonyl (C=O) groups is 1. The highest BCUT2D eigenvalue weighted by atomic mass is 31.2. The molecule has 0 bridgehead atoms. The molecule has 1 aliphatic carbocycles. The second kappa shape index (κ2) is 9.25. The summed E-state index contributed by atoms with van der Waals surface area (Å²) in [7, 11) is -2.64. The van der Waals surface area contributed by atoms with Crippen molar-refractivity contribution in [3.05, 3.63) is 58.7 Å². The molecule has 160 valence electrons. The summed E-state index contributed by atoms with van der Waals surface area (Å²) in [4.78, 5) is 27.2. The van der Waals surface area contributed by atoms with Gasteiger partial charge in [-0.15, -0.1) is 0 Å². The highest BCUT2D eigenvalue weighted by Gasteiger charge is 2.37. The fourth-order valence-electron chi connectivity index (χ4n) is 2.62. The van der Waals surface area contributed by atoms with E-state index in [2.05, 4.69) is 14.8 Å². The molecule has 1 aromatic heterocycles. The number of nitrogen functional groups attached to an aromatic ring is 1. The minimum atomic E-state index is -3.88. The molecule has 3 N–H and O–H groups in total. The van der Waals surface area contributed by atoms with Crippen molar-refractivity contribution in [1.29, 1.82) is 0 Å². The topological polar surface area (TPSA) is 135 Å². The number of hydrogen-bond donors (Lipinski definition) is 2. The van der Waals surface area contributed by atoms with Gasteiger partial charge in [-0.2, -0.15) is 10.1 Å². The lowest BCUT2D eigenvalue weighted by molar-refractivity contribution is -0.142. The van der Waals surface area contributed by atoms with Gasteiger partial charge in [-0.05, 0) is 37.1 Å². The highest BCUT2D eigenvalue weighted by molar-refractivity contribution is 7.52. The molecule has 10 nitrogen and oxygen atoms in total. The van der Waals surface area contributed by atoms with Crippen LogP contribution >= 0.6 is 7.75 Å². The van der Waals surface area contributed by atoms with E-state index in [0.717, 1.165) is 5.57 Å². The Morgan fingerprint density at radius 3 is 2.80 bits per heavy atom. The van der Waals surface area contributed by atoms with Crippen LogP contribution in [0.25, 0.3) is 6.20 Å². The van der Waals surface area contributed by atoms with Crippen LogP contribution in [0.4, 0.5) is 5.82 Å². The smallest absolute Gasteiger partial charge is 0.459 e. The summed E-state index contributed by atoms with van der Waals surface area (Å²) < 4.78 is 30.4. The van der Waals surface area contributed by atoms with Crippen LogP contribution in [-0.4, -0.2) is 35.3 Å². The van der Waals surface area contributed by atoms with E-state index in [9.17, 15) is 14.2 Å². The average molecular weight is 434 g/mol. The quantitative estimate of drug-likeness (QED) is 0.449. The molecule has 0 spiro atoms. The molecular weight excluding hydrogens is 411 g/mol. The highest BCUT2D eigenvalue weighted by Crippen LogP contribution is 2.48. The van der Waals surface area contributed by atoms with Crippen molar-refractivity contribution in [2.24, 2.45) is 5.92 Å². The van der Waals surface area contributed by atoms with Crippen LogP contribution in [0.5, 0.6) is 5.75 Å². The van der Waals surface area contributed by atoms with Crippen LogP contribution in [0.15, 0.2) is 53.0 Å². The van der Waals surface area contributed by atoms with Gasteiger partial charge in [0.1, 0.15) is 17.6 Å². The number of methoxy groups -OCH3 is 1. The lowest BCUT2D eigenvalue weighted by atomic mass is 10.3. The molecule has 2 aromatic rings. The van der Waals surface area contributed by atoms with Gasteiger partial charge in [0.15, 0.2) is 0 Å². The van der Waals surface area contributed by atoms with E-state index < -0.39 is 25.4 Å². The van der Waals surface area contributed by atoms with Crippen LogP contribution in [0, 0.1) is 5.92 Å². The Bertz CT molecular complexity index is 1040. The number of nitrogens with one attached hydrogen (secondary N) is 1. The molecule has 0 radical (unpaired) electrons. The Labute approximate surface area is 173 Å². The van der Waals surface area contributed by atoms with Crippen LogP contribution in [0.2, 0.25) is 0 Å². The number of nitrogens with zero attached hydrogens (tertiary/aromatic N) is 2. The van der Waals surface area contributed by atoms with Gasteiger partial charge in [0.05, 0.1) is 13.7 Å². The molecule has 0 amide bonds. The van der Waals surface area contributed by atoms with E-state index in [0.29, 0.717) is 12.2 Å². The Hall–Kier alpha value is -2.94. The number of benzene rings is 1. The molecule has 3 rings (SSSR count). The second-order valence-electron chi connectivity index (χ2n) is 6.72. The second-order valence-corrected chi connectivity index (χ2v) is 8.41. The number of hydrogen-bond acceptors (Lipinski definition) is 8. The third kappa shape index (κ3) is 5.79. The fraction of sp³-hybridized carbons (Fsp3) is 0.316. The number of ether oxygens (including phenoxy) is 1. The summed E-state index contributed by atoms with van der Waals surface area (Å²) in [5, 5.41) is 2.59. The number of aromatic nitrogens is 2. The predicted octanol–water partition coefficient (Wildman–Crippen LogP) is 2.04. The van der Waals surface area contributed by atoms with Gasteiger partial charge in [-0.1, -0.05) is 18.2 Å². The summed E-state index contributed by atoms with van der Waals surface area (Å²) in [5.74, 6) is -0.165. The zero-order valence-corrected chi connectivity index (χ0v) is 17.5. The van der Waals surface area contributed by atoms with E-state index in [1.807, 2.05) is 0 Å². The zero-order chi connectivity index (χ0) is 21.7. The van der Waals surface area contributed by atoms with Gasteiger partial charge in [-0.25, -0.2) is 9.36 Å². The van der Waals surface area contributed by atoms with Crippen molar-refractivity contribution >= 4 is 25.7 Å². The van der Waals surface area contributed by atoms with Gasteiger partial charge >= 0.3 is 19.4 Å². The van der Waals surface area contributed by atoms with Crippen molar-refractivity contribution < 1.29 is 23.1 Å². The summed E-state index contributed by atoms with van der Waals surface area (Å²) in [6.07, 6.45) is 3.84. The Morgan fingerprint density at radius 2 is 2.13 bits per heavy atom. The van der Waals surface area contributed by atoms with Gasteiger partial charge in [0.25, 0.3) is 0 Å². The fourth-order valence-corrected chi connectivity index (χ4v) is 4.15. The molecule has 1 fully saturated rings. The molecule has 1 saturated carbocycles. The third-order valence-electron chi connectivity index (χ3n) is 4.32. The number of para-hydroxylation sites is 1. The minimum absolute atomic E-state index is 0.0441. The van der Waals surface area contributed by atoms with Crippen molar-refractivity contribution in [2.75, 3.05) is 19.5 Å². The van der Waals surface area contributed by atoms with E-state index in [-0.39, 0.29) is 18.3 Å². The largest absolute Gasteiger partial charge is 0.468 e. The van der Waals surface area contributed by atoms with Gasteiger partial charge < -0.3 is 15.0 Å². The maximum Gasteiger partial charge on any atom is 0.459 e. The lowest BCUT2D eigenvalue weighted by Gasteiger charge is -2.22. The van der Waals surface area contributed by atoms with Gasteiger partial charge in [-0.3, -0.25) is 13.9 Å². The van der Waals surface area contributed by atoms with Crippen LogP contribution < -0.4 is 21.0 Å². The molecule has 0 saturated heterocycles. The molecule has 1 aromatic carbocycles. The van der Waals surface area contributed by atoms with Gasteiger partial charge in [0.2, 0.25) is 0 Å². The average Bonchev–Trinajstić information content (AvgIpc) is 3.46. The number of esters is 1. The monoisotopic (exact) mass is 434 g/mol. The zero-order valence-electron chi connectivity index (χ0n) is 16.6. The standard InChI is InChI=1S/C19H23N4O6P/c1-13(18(24)27-2)22-30(26,29-16-6-4-3-5-7-16)28-12-15-10-14(15)11-23-9-8-17(20)21-19(23)25/h3-9,11,13,15H,10,12H2,1-2H3,(H,22,26)(H2,20,21,25)/b14-11-/t13-,15?,30?/m0/s1. The first-order valence-corrected chi connectivity index (χ1v) is 10.7. The van der Waals surface area contributed by atoms with E-state index in [4.69, 9.17) is 14.8 Å². The lowest BCUT2D eigenvalue weighted by Crippen LogP contribution is -2.34. The van der Waals surface area contributed by atoms with Crippen molar-refractivity contribution in [3.63, 3.8) is 0 Å². The SMILES string of the molecule is COC(=O)[C@H](C)NP(=O)(OCC1C/C1=C/n1ccc(N)nc1=O)Oc1ccccc1. The first-order valence-electron chi connectivity index (χ1n) is 9.20. The third-order valence-corrected chi connectivity index (χ3v) is 5.97. The Morgan fingerprint density at radius 1 is 1.40 bits per heavy atom. The van der Waals surface area contributed by atoms with E-state index >= 15 is 0 Å². The number of rotatable bonds is 9. The Kier molecular flexibility index (Phi) is 6.71. The molecule has 30 heavy (non-hydrogen) atoms. The normalized spacial score (nSPS) is 19.7. The maximum absolute atomic E-state index is 13.2. The molecule has 3 atom stereocenters. The minimum Gasteiger partial charge on any atom is -0.468 e. The summed E-state index contributed by atoms with van der Waals surface area (Å²) in [6.45, 7) is 1.58. The summed E-state index contributed by atoms with van der Waals surface area (Å²) in [5.41, 5.74) is 5.92. The number of anilines is 1. The van der Waals surface area contributed by atoms with E-state index in [1.54, 1.807) is 36.5 Å². The molecule has 0 aliphatic heterocycles. The first kappa shape index (κ1) is 21.8. The van der Waals surface area contributed by atoms with Crippen molar-refractivity contribution in [3.8, 4) is 5.75 Å². The van der Waals surface area contributed by atoms with E-state index in [1.165, 1.54) is 30.9 Å². The maximum atomic E-state index is 13.2. The molecule has 1 aliphatic rings. The first-order chi connectivity index (χ1) is 14.3. The van der Waals surface area contributed by atoms with Crippen molar-refractivity contribution in [2.45, 2.75) is 19.4 Å². The van der Waals surface area contributed by atoms with Crippen LogP contribution in [-0.2, 0) is 18.6 Å². The number of carbonyl (C=O) groups excluding carboxylic acids is 1. The summed E-state index contributed by atoms with van der Waals surface area (Å²) in [6, 6.07) is 9.11. The molecule has 2 unspecified atom stereocenters. The van der Waals surface area contributed by atoms with Crippen molar-refractivity contribution in [1.82, 2.24) is 14.6 Å². The predicted molar refractivity (Wildman–Crippen MR) is 111 cm³/mol. The molecule has 1 heterocycles.